The first-order chi connectivity index (χ1) is 5.97. The van der Waals surface area contributed by atoms with Crippen LogP contribution in [0.25, 0.3) is 0 Å². The molecule has 0 aromatic rings. The fourth-order valence-electron chi connectivity index (χ4n) is 1.66. The minimum atomic E-state index is -1.46. The number of carboxylic acids is 2. The van der Waals surface area contributed by atoms with Gasteiger partial charge in [0, 0.05) is 6.61 Å². The first-order valence-electron chi connectivity index (χ1n) is 4.07. The van der Waals surface area contributed by atoms with E-state index in [1.807, 2.05) is 0 Å². The summed E-state index contributed by atoms with van der Waals surface area (Å²) in [5.41, 5.74) is -1.04. The van der Waals surface area contributed by atoms with Crippen LogP contribution in [0.1, 0.15) is 19.8 Å². The predicted molar refractivity (Wildman–Crippen MR) is 42.4 cm³/mol. The third-order valence-electron chi connectivity index (χ3n) is 2.35. The average Bonchev–Trinajstić information content (AvgIpc) is 2.33. The molecule has 0 aromatic carbocycles. The molecule has 13 heavy (non-hydrogen) atoms. The first-order valence-corrected chi connectivity index (χ1v) is 4.07. The van der Waals surface area contributed by atoms with Crippen molar-refractivity contribution in [2.45, 2.75) is 25.4 Å². The van der Waals surface area contributed by atoms with Crippen LogP contribution in [0.3, 0.4) is 0 Å². The van der Waals surface area contributed by atoms with Gasteiger partial charge in [-0.05, 0) is 19.8 Å². The number of hydrogen-bond acceptors (Lipinski definition) is 3. The summed E-state index contributed by atoms with van der Waals surface area (Å²) in [6.07, 6.45) is 1.20. The van der Waals surface area contributed by atoms with Crippen LogP contribution >= 0.6 is 0 Å². The average molecular weight is 188 g/mol. The molecule has 0 radical (unpaired) electrons. The van der Waals surface area contributed by atoms with Crippen molar-refractivity contribution < 1.29 is 24.5 Å². The topological polar surface area (TPSA) is 83.8 Å². The maximum Gasteiger partial charge on any atom is 0.320 e. The molecule has 1 aliphatic heterocycles. The summed E-state index contributed by atoms with van der Waals surface area (Å²) in [5, 5.41) is 17.4. The van der Waals surface area contributed by atoms with E-state index in [9.17, 15) is 9.59 Å². The maximum absolute atomic E-state index is 10.7. The molecular weight excluding hydrogens is 176 g/mol. The summed E-state index contributed by atoms with van der Waals surface area (Å²) in [6, 6.07) is 0. The molecule has 1 heterocycles. The van der Waals surface area contributed by atoms with Crippen molar-refractivity contribution in [3.8, 4) is 0 Å². The normalized spacial score (nSPS) is 27.8. The van der Waals surface area contributed by atoms with Crippen LogP contribution in [-0.4, -0.2) is 34.4 Å². The number of rotatable bonds is 3. The number of carboxylic acid groups (broad SMARTS) is 2. The Morgan fingerprint density at radius 1 is 1.38 bits per heavy atom. The summed E-state index contributed by atoms with van der Waals surface area (Å²) in [4.78, 5) is 21.3. The van der Waals surface area contributed by atoms with Crippen LogP contribution in [0, 0.1) is 5.92 Å². The van der Waals surface area contributed by atoms with Crippen LogP contribution in [0.5, 0.6) is 0 Å². The molecule has 0 saturated carbocycles. The zero-order valence-corrected chi connectivity index (χ0v) is 7.32. The Hall–Kier alpha value is -1.10. The van der Waals surface area contributed by atoms with E-state index in [0.717, 1.165) is 0 Å². The molecule has 1 rings (SSSR count). The second-order valence-corrected chi connectivity index (χ2v) is 3.37. The van der Waals surface area contributed by atoms with Gasteiger partial charge in [0.1, 0.15) is 0 Å². The van der Waals surface area contributed by atoms with Gasteiger partial charge in [-0.25, -0.2) is 0 Å². The summed E-state index contributed by atoms with van der Waals surface area (Å²) in [7, 11) is 0. The van der Waals surface area contributed by atoms with Crippen LogP contribution < -0.4 is 0 Å². The Bertz CT molecular complexity index is 215. The predicted octanol–water partition coefficient (Wildman–Crippen LogP) is 0.341. The third-order valence-corrected chi connectivity index (χ3v) is 2.35. The van der Waals surface area contributed by atoms with E-state index in [0.29, 0.717) is 19.4 Å². The molecule has 1 saturated heterocycles. The molecule has 2 N–H and O–H groups in total. The summed E-state index contributed by atoms with van der Waals surface area (Å²) in [6.45, 7) is 1.97. The van der Waals surface area contributed by atoms with Gasteiger partial charge in [-0.3, -0.25) is 9.59 Å². The lowest BCUT2D eigenvalue weighted by atomic mass is 9.87. The van der Waals surface area contributed by atoms with Gasteiger partial charge < -0.3 is 14.9 Å². The highest BCUT2D eigenvalue weighted by Gasteiger charge is 2.47. The summed E-state index contributed by atoms with van der Waals surface area (Å²) >= 11 is 0. The molecule has 1 atom stereocenters. The minimum Gasteiger partial charge on any atom is -0.481 e. The van der Waals surface area contributed by atoms with Gasteiger partial charge in [-0.15, -0.1) is 0 Å². The van der Waals surface area contributed by atoms with Gasteiger partial charge in [0.15, 0.2) is 5.92 Å². The van der Waals surface area contributed by atoms with Crippen molar-refractivity contribution in [3.63, 3.8) is 0 Å². The van der Waals surface area contributed by atoms with Crippen molar-refractivity contribution >= 4 is 11.9 Å². The van der Waals surface area contributed by atoms with Crippen LogP contribution in [-0.2, 0) is 14.3 Å². The Morgan fingerprint density at radius 2 is 1.92 bits per heavy atom. The van der Waals surface area contributed by atoms with Crippen LogP contribution in [0.15, 0.2) is 0 Å². The lowest BCUT2D eigenvalue weighted by Gasteiger charge is -2.26. The molecule has 5 nitrogen and oxygen atoms in total. The van der Waals surface area contributed by atoms with Crippen LogP contribution in [0.2, 0.25) is 0 Å². The number of carbonyl (C=O) groups is 2. The molecule has 0 amide bonds. The van der Waals surface area contributed by atoms with Gasteiger partial charge in [0.2, 0.25) is 0 Å². The number of hydrogen-bond donors (Lipinski definition) is 2. The van der Waals surface area contributed by atoms with E-state index in [-0.39, 0.29) is 0 Å². The van der Waals surface area contributed by atoms with E-state index in [1.54, 1.807) is 0 Å². The minimum absolute atomic E-state index is 0.438. The Labute approximate surface area is 75.3 Å². The molecule has 1 fully saturated rings. The van der Waals surface area contributed by atoms with Crippen molar-refractivity contribution in [2.75, 3.05) is 6.61 Å². The molecule has 0 spiro atoms. The fraction of sp³-hybridized carbons (Fsp3) is 0.750. The quantitative estimate of drug-likeness (QED) is 0.624. The van der Waals surface area contributed by atoms with Crippen molar-refractivity contribution in [2.24, 2.45) is 5.92 Å². The third kappa shape index (κ3) is 1.80. The number of ether oxygens (including phenoxy) is 1. The van der Waals surface area contributed by atoms with Crippen LogP contribution in [0.4, 0.5) is 0 Å². The van der Waals surface area contributed by atoms with Gasteiger partial charge in [0.25, 0.3) is 0 Å². The lowest BCUT2D eigenvalue weighted by molar-refractivity contribution is -0.167. The summed E-state index contributed by atoms with van der Waals surface area (Å²) < 4.78 is 5.16. The molecule has 0 aromatic heterocycles. The van der Waals surface area contributed by atoms with Crippen molar-refractivity contribution in [1.82, 2.24) is 0 Å². The monoisotopic (exact) mass is 188 g/mol. The highest BCUT2D eigenvalue weighted by atomic mass is 16.5. The van der Waals surface area contributed by atoms with Crippen molar-refractivity contribution in [1.29, 1.82) is 0 Å². The van der Waals surface area contributed by atoms with E-state index < -0.39 is 23.5 Å². The molecule has 1 aliphatic rings. The molecular formula is C8H12O5. The van der Waals surface area contributed by atoms with E-state index in [2.05, 4.69) is 0 Å². The van der Waals surface area contributed by atoms with Gasteiger partial charge in [-0.1, -0.05) is 0 Å². The van der Waals surface area contributed by atoms with Gasteiger partial charge >= 0.3 is 11.9 Å². The molecule has 74 valence electrons. The van der Waals surface area contributed by atoms with E-state index in [4.69, 9.17) is 14.9 Å². The molecule has 0 bridgehead atoms. The fourth-order valence-corrected chi connectivity index (χ4v) is 1.66. The standard InChI is InChI=1S/C8H12O5/c1-8(3-2-4-13-8)5(6(9)10)7(11)12/h5H,2-4H2,1H3,(H,9,10)(H,11,12). The molecule has 0 aliphatic carbocycles. The second kappa shape index (κ2) is 3.33. The largest absolute Gasteiger partial charge is 0.481 e. The van der Waals surface area contributed by atoms with Gasteiger partial charge in [-0.2, -0.15) is 0 Å². The zero-order chi connectivity index (χ0) is 10.1. The smallest absolute Gasteiger partial charge is 0.320 e. The summed E-state index contributed by atoms with van der Waals surface area (Å²) in [5.74, 6) is -4.14. The Balaban J connectivity index is 2.86. The Kier molecular flexibility index (Phi) is 2.56. The molecule has 5 heteroatoms. The second-order valence-electron chi connectivity index (χ2n) is 3.37. The van der Waals surface area contributed by atoms with E-state index >= 15 is 0 Å². The Morgan fingerprint density at radius 3 is 2.23 bits per heavy atom. The maximum atomic E-state index is 10.7. The first kappa shape index (κ1) is 9.98. The highest BCUT2D eigenvalue weighted by molar-refractivity contribution is 5.94. The lowest BCUT2D eigenvalue weighted by Crippen LogP contribution is -2.44. The zero-order valence-electron chi connectivity index (χ0n) is 7.32. The van der Waals surface area contributed by atoms with Gasteiger partial charge in [0.05, 0.1) is 5.60 Å². The molecule has 1 unspecified atom stereocenters. The number of aliphatic carboxylic acids is 2. The van der Waals surface area contributed by atoms with Crippen molar-refractivity contribution in [3.05, 3.63) is 0 Å². The highest BCUT2D eigenvalue weighted by Crippen LogP contribution is 2.33. The SMILES string of the molecule is CC1(C(C(=O)O)C(=O)O)CCCO1. The van der Waals surface area contributed by atoms with E-state index in [1.165, 1.54) is 6.92 Å².